The van der Waals surface area contributed by atoms with Gasteiger partial charge >= 0.3 is 10.1 Å². The van der Waals surface area contributed by atoms with Crippen molar-refractivity contribution in [2.24, 2.45) is 5.14 Å². The molecule has 8 nitrogen and oxygen atoms in total. The second-order valence-electron chi connectivity index (χ2n) is 7.04. The molecule has 0 atom stereocenters. The van der Waals surface area contributed by atoms with Crippen molar-refractivity contribution in [2.75, 3.05) is 5.32 Å². The molecule has 0 unspecified atom stereocenters. The first-order valence-corrected chi connectivity index (χ1v) is 13.8. The fourth-order valence-electron chi connectivity index (χ4n) is 3.05. The molecule has 0 radical (unpaired) electrons. The van der Waals surface area contributed by atoms with Crippen LogP contribution in [-0.4, -0.2) is 16.8 Å². The van der Waals surface area contributed by atoms with Crippen LogP contribution in [0.4, 0.5) is 5.69 Å². The van der Waals surface area contributed by atoms with Gasteiger partial charge in [0, 0.05) is 17.5 Å². The molecule has 4 aromatic rings. The molecule has 4 rings (SSSR count). The van der Waals surface area contributed by atoms with Gasteiger partial charge in [0.2, 0.25) is 10.0 Å². The van der Waals surface area contributed by atoms with Gasteiger partial charge in [-0.25, -0.2) is 13.6 Å². The molecule has 3 aromatic carbocycles. The Bertz CT molecular complexity index is 1470. The fraction of sp³-hybridized carbons (Fsp3) is 0.0435. The van der Waals surface area contributed by atoms with Crippen LogP contribution in [0.25, 0.3) is 0 Å². The van der Waals surface area contributed by atoms with Crippen LogP contribution in [-0.2, 0) is 26.7 Å². The van der Waals surface area contributed by atoms with Crippen LogP contribution in [0.3, 0.4) is 0 Å². The number of anilines is 1. The highest BCUT2D eigenvalue weighted by atomic mass is 32.2. The van der Waals surface area contributed by atoms with Gasteiger partial charge in [0.25, 0.3) is 0 Å². The molecule has 0 spiro atoms. The van der Waals surface area contributed by atoms with Crippen molar-refractivity contribution >= 4 is 37.2 Å². The monoisotopic (exact) mass is 516 g/mol. The van der Waals surface area contributed by atoms with E-state index in [0.29, 0.717) is 12.3 Å². The number of hydrogen-bond acceptors (Lipinski definition) is 8. The summed E-state index contributed by atoms with van der Waals surface area (Å²) in [5.74, 6) is 0.308. The summed E-state index contributed by atoms with van der Waals surface area (Å²) in [6.07, 6.45) is 0. The Morgan fingerprint density at radius 2 is 1.44 bits per heavy atom. The molecule has 0 saturated carbocycles. The van der Waals surface area contributed by atoms with Crippen molar-refractivity contribution < 1.29 is 25.8 Å². The molecular formula is C23H20N2O6S3. The molecule has 3 N–H and O–H groups in total. The maximum atomic E-state index is 13.2. The number of sulfonamides is 1. The van der Waals surface area contributed by atoms with Gasteiger partial charge in [0.1, 0.15) is 27.0 Å². The zero-order valence-corrected chi connectivity index (χ0v) is 20.1. The molecule has 11 heteroatoms. The van der Waals surface area contributed by atoms with Crippen molar-refractivity contribution in [2.45, 2.75) is 16.3 Å². The van der Waals surface area contributed by atoms with Crippen molar-refractivity contribution in [1.29, 1.82) is 0 Å². The van der Waals surface area contributed by atoms with Crippen LogP contribution < -0.4 is 19.4 Å². The van der Waals surface area contributed by atoms with Crippen LogP contribution in [0.5, 0.6) is 17.2 Å². The molecule has 34 heavy (non-hydrogen) atoms. The van der Waals surface area contributed by atoms with Crippen LogP contribution in [0, 0.1) is 0 Å². The average Bonchev–Trinajstić information content (AvgIpc) is 3.31. The predicted octanol–water partition coefficient (Wildman–Crippen LogP) is 4.57. The summed E-state index contributed by atoms with van der Waals surface area (Å²) in [5.41, 5.74) is 0.0997. The number of hydrogen-bond donors (Lipinski definition) is 2. The molecule has 0 aliphatic carbocycles. The van der Waals surface area contributed by atoms with Gasteiger partial charge in [0.05, 0.1) is 5.69 Å². The lowest BCUT2D eigenvalue weighted by atomic mass is 10.2. The lowest BCUT2D eigenvalue weighted by molar-refractivity contribution is 0.465. The van der Waals surface area contributed by atoms with Crippen LogP contribution in [0.2, 0.25) is 0 Å². The minimum atomic E-state index is -4.44. The van der Waals surface area contributed by atoms with Gasteiger partial charge < -0.3 is 14.2 Å². The van der Waals surface area contributed by atoms with Gasteiger partial charge in [-0.05, 0) is 41.8 Å². The lowest BCUT2D eigenvalue weighted by Gasteiger charge is -2.17. The molecule has 0 fully saturated rings. The standard InChI is InChI=1S/C23H20N2O6S3/c24-33(26,27)23-15-22(34(28,29)31-18-10-5-2-6-11-18)20(25-16-19-12-7-13-32-19)14-21(23)30-17-8-3-1-4-9-17/h1-15,25H,16H2,(H2,24,26,27). The summed E-state index contributed by atoms with van der Waals surface area (Å²) in [4.78, 5) is 0.0546. The minimum absolute atomic E-state index is 0.0773. The maximum Gasteiger partial charge on any atom is 0.341 e. The highest BCUT2D eigenvalue weighted by molar-refractivity contribution is 7.89. The molecule has 0 aliphatic rings. The first-order chi connectivity index (χ1) is 16.2. The van der Waals surface area contributed by atoms with E-state index in [-0.39, 0.29) is 17.2 Å². The highest BCUT2D eigenvalue weighted by Gasteiger charge is 2.28. The van der Waals surface area contributed by atoms with E-state index in [4.69, 9.17) is 14.1 Å². The van der Waals surface area contributed by atoms with Gasteiger partial charge in [-0.2, -0.15) is 8.42 Å². The summed E-state index contributed by atoms with van der Waals surface area (Å²) in [5, 5.41) is 10.4. The molecule has 0 amide bonds. The number of benzene rings is 3. The molecule has 1 heterocycles. The first kappa shape index (κ1) is 23.8. The van der Waals surface area contributed by atoms with Crippen molar-refractivity contribution in [3.05, 3.63) is 95.2 Å². The van der Waals surface area contributed by atoms with E-state index in [1.807, 2.05) is 17.5 Å². The Hall–Kier alpha value is -3.38. The molecule has 0 aliphatic heterocycles. The number of primary sulfonamides is 1. The number of ether oxygens (including phenoxy) is 1. The zero-order valence-electron chi connectivity index (χ0n) is 17.6. The third-order valence-electron chi connectivity index (χ3n) is 4.58. The first-order valence-electron chi connectivity index (χ1n) is 9.92. The number of para-hydroxylation sites is 2. The average molecular weight is 517 g/mol. The molecule has 176 valence electrons. The van der Waals surface area contributed by atoms with Gasteiger partial charge in [-0.3, -0.25) is 0 Å². The van der Waals surface area contributed by atoms with E-state index in [0.717, 1.165) is 10.9 Å². The number of nitrogens with two attached hydrogens (primary N) is 1. The summed E-state index contributed by atoms with van der Waals surface area (Å²) >= 11 is 1.48. The molecule has 1 aromatic heterocycles. The largest absolute Gasteiger partial charge is 0.456 e. The molecule has 0 bridgehead atoms. The zero-order chi connectivity index (χ0) is 24.2. The Morgan fingerprint density at radius 3 is 2.03 bits per heavy atom. The lowest BCUT2D eigenvalue weighted by Crippen LogP contribution is -2.18. The Kier molecular flexibility index (Phi) is 6.89. The smallest absolute Gasteiger partial charge is 0.341 e. The van der Waals surface area contributed by atoms with Crippen molar-refractivity contribution in [3.8, 4) is 17.2 Å². The number of rotatable bonds is 9. The van der Waals surface area contributed by atoms with Crippen LogP contribution in [0.15, 0.2) is 100 Å². The van der Waals surface area contributed by atoms with Crippen molar-refractivity contribution in [1.82, 2.24) is 0 Å². The summed E-state index contributed by atoms with van der Waals surface area (Å²) in [6.45, 7) is 0.297. The second-order valence-corrected chi connectivity index (χ2v) is 11.1. The third kappa shape index (κ3) is 5.75. The Balaban J connectivity index is 1.83. The quantitative estimate of drug-likeness (QED) is 0.312. The number of thiophene rings is 1. The second kappa shape index (κ2) is 9.85. The fourth-order valence-corrected chi connectivity index (χ4v) is 5.55. The summed E-state index contributed by atoms with van der Waals surface area (Å²) < 4.78 is 62.2. The SMILES string of the molecule is NS(=O)(=O)c1cc(S(=O)(=O)Oc2ccccc2)c(NCc2cccs2)cc1Oc1ccccc1. The van der Waals surface area contributed by atoms with E-state index in [9.17, 15) is 16.8 Å². The van der Waals surface area contributed by atoms with E-state index in [1.165, 1.54) is 29.5 Å². The predicted molar refractivity (Wildman–Crippen MR) is 130 cm³/mol. The van der Waals surface area contributed by atoms with Crippen LogP contribution in [0.1, 0.15) is 4.88 Å². The third-order valence-corrected chi connectivity index (χ3v) is 7.67. The van der Waals surface area contributed by atoms with Crippen LogP contribution >= 0.6 is 11.3 Å². The van der Waals surface area contributed by atoms with Crippen molar-refractivity contribution in [3.63, 3.8) is 0 Å². The Morgan fingerprint density at radius 1 is 0.794 bits per heavy atom. The van der Waals surface area contributed by atoms with E-state index < -0.39 is 29.9 Å². The van der Waals surface area contributed by atoms with E-state index >= 15 is 0 Å². The van der Waals surface area contributed by atoms with E-state index in [2.05, 4.69) is 5.32 Å². The normalized spacial score (nSPS) is 11.7. The van der Waals surface area contributed by atoms with Gasteiger partial charge in [0.15, 0.2) is 0 Å². The Labute approximate surface area is 201 Å². The topological polar surface area (TPSA) is 125 Å². The maximum absolute atomic E-state index is 13.2. The van der Waals surface area contributed by atoms with Gasteiger partial charge in [-0.1, -0.05) is 42.5 Å². The highest BCUT2D eigenvalue weighted by Crippen LogP contribution is 2.37. The molecular weight excluding hydrogens is 496 g/mol. The summed E-state index contributed by atoms with van der Waals surface area (Å²) in [6, 6.07) is 22.4. The molecule has 0 saturated heterocycles. The number of nitrogens with one attached hydrogen (secondary N) is 1. The minimum Gasteiger partial charge on any atom is -0.456 e. The van der Waals surface area contributed by atoms with E-state index in [1.54, 1.807) is 48.5 Å². The summed E-state index contributed by atoms with van der Waals surface area (Å²) in [7, 11) is -8.80. The van der Waals surface area contributed by atoms with Gasteiger partial charge in [-0.15, -0.1) is 11.3 Å².